The van der Waals surface area contributed by atoms with Crippen LogP contribution in [0.15, 0.2) is 66.9 Å². The standard InChI is InChI=1S/C24H29NSi/c1-18(2)15-22-16-23(25-17-24(22)26(3,4)5)21-13-11-20(12-14-21)19-9-7-6-8-10-19/h6-14,16-18H,15H2,1-5H3/i15D2. The van der Waals surface area contributed by atoms with Crippen molar-refractivity contribution >= 4 is 13.3 Å². The van der Waals surface area contributed by atoms with Crippen molar-refractivity contribution in [2.45, 2.75) is 39.9 Å². The molecular formula is C24H29NSi. The number of rotatable bonds is 5. The molecule has 0 N–H and O–H groups in total. The molecule has 0 bridgehead atoms. The van der Waals surface area contributed by atoms with Crippen molar-refractivity contribution in [2.75, 3.05) is 0 Å². The van der Waals surface area contributed by atoms with E-state index in [0.29, 0.717) is 0 Å². The molecule has 0 aliphatic rings. The van der Waals surface area contributed by atoms with Gasteiger partial charge in [0.1, 0.15) is 0 Å². The fourth-order valence-electron chi connectivity index (χ4n) is 3.11. The van der Waals surface area contributed by atoms with Gasteiger partial charge in [-0.25, -0.2) is 0 Å². The van der Waals surface area contributed by atoms with E-state index in [4.69, 9.17) is 7.73 Å². The molecule has 1 aromatic heterocycles. The summed E-state index contributed by atoms with van der Waals surface area (Å²) < 4.78 is 17.4. The predicted octanol–water partition coefficient (Wildman–Crippen LogP) is 6.16. The van der Waals surface area contributed by atoms with E-state index in [-0.39, 0.29) is 5.92 Å². The van der Waals surface area contributed by atoms with Gasteiger partial charge in [0.2, 0.25) is 0 Å². The molecule has 0 aliphatic heterocycles. The van der Waals surface area contributed by atoms with Gasteiger partial charge >= 0.3 is 0 Å². The quantitative estimate of drug-likeness (QED) is 0.496. The summed E-state index contributed by atoms with van der Waals surface area (Å²) in [6, 6.07) is 20.7. The third-order valence-electron chi connectivity index (χ3n) is 4.44. The SMILES string of the molecule is [2H]C([2H])(c1cc(-c2ccc(-c3ccccc3)cc2)ncc1[Si](C)(C)C)C(C)C. The van der Waals surface area contributed by atoms with Gasteiger partial charge in [-0.15, -0.1) is 0 Å². The monoisotopic (exact) mass is 361 g/mol. The van der Waals surface area contributed by atoms with E-state index >= 15 is 0 Å². The highest BCUT2D eigenvalue weighted by Gasteiger charge is 2.21. The number of pyridine rings is 1. The molecule has 3 aromatic rings. The zero-order valence-corrected chi connectivity index (χ0v) is 17.4. The molecule has 0 saturated heterocycles. The van der Waals surface area contributed by atoms with Crippen molar-refractivity contribution in [3.05, 3.63) is 72.4 Å². The number of nitrogens with zero attached hydrogens (tertiary/aromatic N) is 1. The van der Waals surface area contributed by atoms with Crippen molar-refractivity contribution < 1.29 is 2.74 Å². The Hall–Kier alpha value is -2.19. The van der Waals surface area contributed by atoms with Gasteiger partial charge in [-0.2, -0.15) is 0 Å². The summed E-state index contributed by atoms with van der Waals surface area (Å²) in [6.45, 7) is 10.6. The van der Waals surface area contributed by atoms with E-state index in [1.165, 1.54) is 11.1 Å². The van der Waals surface area contributed by atoms with Crippen molar-refractivity contribution in [1.82, 2.24) is 4.98 Å². The van der Waals surface area contributed by atoms with Gasteiger partial charge < -0.3 is 0 Å². The molecule has 26 heavy (non-hydrogen) atoms. The summed E-state index contributed by atoms with van der Waals surface area (Å²) in [5, 5.41) is 1.11. The summed E-state index contributed by atoms with van der Waals surface area (Å²) >= 11 is 0. The molecule has 0 unspecified atom stereocenters. The van der Waals surface area contributed by atoms with Crippen LogP contribution in [0, 0.1) is 5.92 Å². The first kappa shape index (κ1) is 16.0. The topological polar surface area (TPSA) is 12.9 Å². The lowest BCUT2D eigenvalue weighted by Crippen LogP contribution is -2.40. The van der Waals surface area contributed by atoms with Crippen LogP contribution in [0.1, 0.15) is 22.2 Å². The van der Waals surface area contributed by atoms with E-state index in [2.05, 4.69) is 56.0 Å². The second kappa shape index (κ2) is 7.59. The minimum absolute atomic E-state index is 0.0988. The largest absolute Gasteiger partial charge is 0.256 e. The Balaban J connectivity index is 2.06. The van der Waals surface area contributed by atoms with Crippen molar-refractivity contribution in [2.24, 2.45) is 5.92 Å². The number of aromatic nitrogens is 1. The van der Waals surface area contributed by atoms with Crippen LogP contribution in [-0.4, -0.2) is 13.1 Å². The number of benzene rings is 2. The minimum atomic E-state index is -1.71. The average Bonchev–Trinajstić information content (AvgIpc) is 2.67. The average molecular weight is 362 g/mol. The van der Waals surface area contributed by atoms with Crippen LogP contribution in [0.3, 0.4) is 0 Å². The summed E-state index contributed by atoms with van der Waals surface area (Å²) in [5.41, 5.74) is 5.01. The van der Waals surface area contributed by atoms with E-state index in [9.17, 15) is 0 Å². The Morgan fingerprint density at radius 3 is 2.04 bits per heavy atom. The fourth-order valence-corrected chi connectivity index (χ4v) is 4.51. The molecule has 0 fully saturated rings. The van der Waals surface area contributed by atoms with Crippen molar-refractivity contribution in [3.8, 4) is 22.4 Å². The fraction of sp³-hybridized carbons (Fsp3) is 0.292. The van der Waals surface area contributed by atoms with E-state index < -0.39 is 14.4 Å². The molecule has 0 spiro atoms. The second-order valence-electron chi connectivity index (χ2n) is 8.11. The first-order valence-corrected chi connectivity index (χ1v) is 12.8. The smallest absolute Gasteiger partial charge is 0.0799 e. The van der Waals surface area contributed by atoms with Gasteiger partial charge in [0.05, 0.1) is 13.8 Å². The molecule has 0 aliphatic carbocycles. The van der Waals surface area contributed by atoms with Gasteiger partial charge in [-0.05, 0) is 40.2 Å². The Morgan fingerprint density at radius 2 is 1.46 bits per heavy atom. The van der Waals surface area contributed by atoms with Gasteiger partial charge in [0, 0.05) is 14.5 Å². The second-order valence-corrected chi connectivity index (χ2v) is 13.1. The third-order valence-corrected chi connectivity index (χ3v) is 6.46. The van der Waals surface area contributed by atoms with Gasteiger partial charge in [-0.1, -0.05) is 88.1 Å². The Kier molecular flexibility index (Phi) is 4.67. The molecule has 2 heteroatoms. The first-order valence-electron chi connectivity index (χ1n) is 10.3. The summed E-state index contributed by atoms with van der Waals surface area (Å²) in [5.74, 6) is -0.0988. The van der Waals surface area contributed by atoms with Crippen LogP contribution < -0.4 is 5.19 Å². The van der Waals surface area contributed by atoms with Gasteiger partial charge in [0.15, 0.2) is 0 Å². The zero-order chi connectivity index (χ0) is 20.5. The highest BCUT2D eigenvalue weighted by molar-refractivity contribution is 6.89. The van der Waals surface area contributed by atoms with Crippen LogP contribution in [0.25, 0.3) is 22.4 Å². The Morgan fingerprint density at radius 1 is 0.885 bits per heavy atom. The predicted molar refractivity (Wildman–Crippen MR) is 117 cm³/mol. The normalized spacial score (nSPS) is 13.5. The zero-order valence-electron chi connectivity index (χ0n) is 18.4. The molecule has 134 valence electrons. The van der Waals surface area contributed by atoms with Gasteiger partial charge in [0.25, 0.3) is 0 Å². The van der Waals surface area contributed by atoms with E-state index in [1.807, 2.05) is 44.3 Å². The lowest BCUT2D eigenvalue weighted by atomic mass is 9.99. The lowest BCUT2D eigenvalue weighted by Gasteiger charge is -2.22. The third kappa shape index (κ3) is 4.31. The summed E-state index contributed by atoms with van der Waals surface area (Å²) in [7, 11) is -1.71. The molecular weight excluding hydrogens is 330 g/mol. The molecule has 1 heterocycles. The lowest BCUT2D eigenvalue weighted by molar-refractivity contribution is 0.649. The maximum atomic E-state index is 8.71. The minimum Gasteiger partial charge on any atom is -0.256 e. The molecule has 0 saturated carbocycles. The molecule has 3 rings (SSSR count). The highest BCUT2D eigenvalue weighted by atomic mass is 28.3. The molecule has 2 aromatic carbocycles. The van der Waals surface area contributed by atoms with Crippen molar-refractivity contribution in [1.29, 1.82) is 0 Å². The Bertz CT molecular complexity index is 943. The maximum Gasteiger partial charge on any atom is 0.0799 e. The number of hydrogen-bond acceptors (Lipinski definition) is 1. The molecule has 0 atom stereocenters. The van der Waals surface area contributed by atoms with Crippen LogP contribution >= 0.6 is 0 Å². The first-order chi connectivity index (χ1) is 13.1. The van der Waals surface area contributed by atoms with Crippen molar-refractivity contribution in [3.63, 3.8) is 0 Å². The van der Waals surface area contributed by atoms with E-state index in [1.54, 1.807) is 0 Å². The summed E-state index contributed by atoms with van der Waals surface area (Å²) in [4.78, 5) is 4.72. The van der Waals surface area contributed by atoms with Gasteiger partial charge in [-0.3, -0.25) is 4.98 Å². The van der Waals surface area contributed by atoms with Crippen LogP contribution in [0.5, 0.6) is 0 Å². The van der Waals surface area contributed by atoms with Crippen LogP contribution in [0.2, 0.25) is 19.6 Å². The van der Waals surface area contributed by atoms with Crippen LogP contribution in [0.4, 0.5) is 0 Å². The molecule has 0 amide bonds. The molecule has 1 nitrogen and oxygen atoms in total. The maximum absolute atomic E-state index is 8.71. The highest BCUT2D eigenvalue weighted by Crippen LogP contribution is 2.25. The van der Waals surface area contributed by atoms with E-state index in [0.717, 1.165) is 22.0 Å². The summed E-state index contributed by atoms with van der Waals surface area (Å²) in [6.07, 6.45) is 0.541. The Labute approximate surface area is 162 Å². The van der Waals surface area contributed by atoms with Crippen LogP contribution in [-0.2, 0) is 6.37 Å². The number of hydrogen-bond donors (Lipinski definition) is 0. The molecule has 0 radical (unpaired) electrons.